The average molecular weight is 445 g/mol. The maximum absolute atomic E-state index is 13.3. The molecule has 174 valence electrons. The van der Waals surface area contributed by atoms with E-state index in [1.165, 1.54) is 12.2 Å². The summed E-state index contributed by atoms with van der Waals surface area (Å²) in [5.41, 5.74) is -3.28. The van der Waals surface area contributed by atoms with Gasteiger partial charge in [-0.2, -0.15) is 0 Å². The van der Waals surface area contributed by atoms with Crippen molar-refractivity contribution >= 4 is 17.3 Å². The Morgan fingerprint density at radius 3 is 2.66 bits per heavy atom. The third-order valence-corrected chi connectivity index (χ3v) is 9.39. The highest BCUT2D eigenvalue weighted by atomic mass is 16.7. The minimum Gasteiger partial charge on any atom is -0.393 e. The number of ketones is 3. The van der Waals surface area contributed by atoms with Crippen LogP contribution in [0.2, 0.25) is 0 Å². The molecular weight excluding hydrogens is 412 g/mol. The summed E-state index contributed by atoms with van der Waals surface area (Å²) in [5, 5.41) is 21.4. The van der Waals surface area contributed by atoms with Crippen LogP contribution in [-0.2, 0) is 23.9 Å². The van der Waals surface area contributed by atoms with Gasteiger partial charge in [0.1, 0.15) is 12.2 Å². The van der Waals surface area contributed by atoms with Crippen molar-refractivity contribution in [2.24, 2.45) is 22.7 Å². The summed E-state index contributed by atoms with van der Waals surface area (Å²) >= 11 is 0. The fourth-order valence-corrected chi connectivity index (χ4v) is 8.02. The molecule has 2 N–H and O–H groups in total. The van der Waals surface area contributed by atoms with E-state index < -0.39 is 41.0 Å². The Morgan fingerprint density at radius 2 is 1.97 bits per heavy atom. The van der Waals surface area contributed by atoms with Crippen molar-refractivity contribution in [3.63, 3.8) is 0 Å². The van der Waals surface area contributed by atoms with E-state index in [9.17, 15) is 24.6 Å². The van der Waals surface area contributed by atoms with Gasteiger partial charge < -0.3 is 19.7 Å². The van der Waals surface area contributed by atoms with Crippen molar-refractivity contribution in [1.82, 2.24) is 0 Å². The van der Waals surface area contributed by atoms with Crippen LogP contribution in [0.4, 0.5) is 0 Å². The van der Waals surface area contributed by atoms with Crippen molar-refractivity contribution < 1.29 is 34.1 Å². The second kappa shape index (κ2) is 6.92. The monoisotopic (exact) mass is 444 g/mol. The molecule has 4 aliphatic carbocycles. The van der Waals surface area contributed by atoms with Crippen LogP contribution in [-0.4, -0.2) is 57.8 Å². The van der Waals surface area contributed by atoms with Crippen LogP contribution < -0.4 is 0 Å². The minimum absolute atomic E-state index is 0.106. The molecule has 7 heteroatoms. The molecule has 5 rings (SSSR count). The molecule has 2 bridgehead atoms. The summed E-state index contributed by atoms with van der Waals surface area (Å²) in [6.07, 6.45) is 5.96. The molecule has 0 aromatic rings. The van der Waals surface area contributed by atoms with Crippen LogP contribution in [0.25, 0.3) is 0 Å². The zero-order valence-electron chi connectivity index (χ0n) is 18.9. The first-order valence-corrected chi connectivity index (χ1v) is 11.7. The number of fused-ring (bicyclic) bond motifs is 3. The largest absolute Gasteiger partial charge is 0.393 e. The van der Waals surface area contributed by atoms with Crippen LogP contribution in [0, 0.1) is 22.7 Å². The van der Waals surface area contributed by atoms with Gasteiger partial charge in [0.05, 0.1) is 11.7 Å². The Morgan fingerprint density at radius 1 is 1.22 bits per heavy atom. The number of hydrogen-bond donors (Lipinski definition) is 2. The van der Waals surface area contributed by atoms with E-state index in [0.29, 0.717) is 24.8 Å². The molecule has 5 aliphatic rings. The maximum atomic E-state index is 13.3. The van der Waals surface area contributed by atoms with Gasteiger partial charge in [0.25, 0.3) is 0 Å². The lowest BCUT2D eigenvalue weighted by atomic mass is 9.44. The zero-order valence-corrected chi connectivity index (χ0v) is 18.9. The van der Waals surface area contributed by atoms with Crippen LogP contribution in [0.5, 0.6) is 0 Å². The van der Waals surface area contributed by atoms with Gasteiger partial charge >= 0.3 is 0 Å². The van der Waals surface area contributed by atoms with E-state index in [1.54, 1.807) is 6.08 Å². The van der Waals surface area contributed by atoms with Crippen molar-refractivity contribution in [2.45, 2.75) is 82.9 Å². The number of hydrogen-bond acceptors (Lipinski definition) is 7. The van der Waals surface area contributed by atoms with Gasteiger partial charge in [-0.1, -0.05) is 33.3 Å². The van der Waals surface area contributed by atoms with Crippen molar-refractivity contribution in [2.75, 3.05) is 6.61 Å². The number of allylic oxidation sites excluding steroid dienone is 4. The van der Waals surface area contributed by atoms with E-state index in [2.05, 4.69) is 0 Å². The number of carbonyl (C=O) groups excluding carboxylic acids is 3. The molecule has 1 unspecified atom stereocenters. The Balaban J connectivity index is 1.68. The predicted molar refractivity (Wildman–Crippen MR) is 113 cm³/mol. The number of aliphatic hydroxyl groups is 2. The first-order chi connectivity index (χ1) is 15.1. The molecule has 7 nitrogen and oxygen atoms in total. The second-order valence-corrected chi connectivity index (χ2v) is 10.7. The van der Waals surface area contributed by atoms with Gasteiger partial charge in [-0.25, -0.2) is 0 Å². The minimum atomic E-state index is -1.25. The highest BCUT2D eigenvalue weighted by molar-refractivity contribution is 6.10. The number of ether oxygens (including phenoxy) is 2. The van der Waals surface area contributed by atoms with E-state index in [1.807, 2.05) is 20.8 Å². The standard InChI is InChI=1S/C25H32O7/c1-4-5-20-31-24-8-9-25(32-20,19(30)13-26)23(24,3)12-18(29)21-16(24)11-17(28)15-10-14(27)6-7-22(15,21)2/h6-7,10,16,18,20-21,26,29H,4-5,8-9,11-13H2,1-3H3/t16-,18+,20?,21-,22+,23+,24-,25-/m1/s1. The molecule has 0 aromatic heterocycles. The SMILES string of the molecule is CCCC1O[C@@]2(C(=O)CO)CC[C@@]3(O1)[C@@H]1CC(=O)C4=CC(=O)C=C[C@]4(C)[C@H]1[C@@H](O)C[C@]23C. The first-order valence-electron chi connectivity index (χ1n) is 11.7. The van der Waals surface area contributed by atoms with Gasteiger partial charge in [0.15, 0.2) is 23.6 Å². The van der Waals surface area contributed by atoms with E-state index in [0.717, 1.165) is 6.42 Å². The summed E-state index contributed by atoms with van der Waals surface area (Å²) < 4.78 is 13.0. The first kappa shape index (κ1) is 22.1. The summed E-state index contributed by atoms with van der Waals surface area (Å²) in [6.45, 7) is 5.22. The fraction of sp³-hybridized carbons (Fsp3) is 0.720. The van der Waals surface area contributed by atoms with Gasteiger partial charge in [-0.3, -0.25) is 14.4 Å². The molecule has 1 aliphatic heterocycles. The molecule has 1 heterocycles. The van der Waals surface area contributed by atoms with Crippen LogP contribution in [0.1, 0.15) is 59.3 Å². The molecular formula is C25H32O7. The molecule has 4 fully saturated rings. The van der Waals surface area contributed by atoms with Crippen LogP contribution in [0.15, 0.2) is 23.8 Å². The summed E-state index contributed by atoms with van der Waals surface area (Å²) in [6, 6.07) is 0. The lowest BCUT2D eigenvalue weighted by Crippen LogP contribution is -2.74. The van der Waals surface area contributed by atoms with Crippen LogP contribution in [0.3, 0.4) is 0 Å². The lowest BCUT2D eigenvalue weighted by Gasteiger charge is -2.67. The van der Waals surface area contributed by atoms with Gasteiger partial charge in [0.2, 0.25) is 0 Å². The molecule has 32 heavy (non-hydrogen) atoms. The molecule has 0 spiro atoms. The highest BCUT2D eigenvalue weighted by Crippen LogP contribution is 2.72. The Bertz CT molecular complexity index is 952. The average Bonchev–Trinajstić information content (AvgIpc) is 2.87. The third-order valence-electron chi connectivity index (χ3n) is 9.39. The third kappa shape index (κ3) is 2.43. The Labute approximate surface area is 187 Å². The topological polar surface area (TPSA) is 110 Å². The van der Waals surface area contributed by atoms with Crippen molar-refractivity contribution in [3.05, 3.63) is 23.8 Å². The molecule has 1 saturated heterocycles. The molecule has 8 atom stereocenters. The molecule has 0 amide bonds. The normalized spacial score (nSPS) is 49.2. The smallest absolute Gasteiger partial charge is 0.190 e. The maximum Gasteiger partial charge on any atom is 0.190 e. The number of carbonyl (C=O) groups is 3. The number of rotatable bonds is 4. The van der Waals surface area contributed by atoms with E-state index in [4.69, 9.17) is 9.47 Å². The molecule has 0 radical (unpaired) electrons. The Kier molecular flexibility index (Phi) is 4.79. The van der Waals surface area contributed by atoms with E-state index in [-0.39, 0.29) is 42.0 Å². The number of Topliss-reactive ketones (excluding diaryl/α,β-unsaturated/α-hetero) is 2. The van der Waals surface area contributed by atoms with Crippen molar-refractivity contribution in [3.8, 4) is 0 Å². The fourth-order valence-electron chi connectivity index (χ4n) is 8.02. The lowest BCUT2D eigenvalue weighted by molar-refractivity contribution is -0.376. The zero-order chi connectivity index (χ0) is 23.1. The van der Waals surface area contributed by atoms with Gasteiger partial charge in [-0.05, 0) is 37.8 Å². The quantitative estimate of drug-likeness (QED) is 0.683. The number of aliphatic hydroxyl groups excluding tert-OH is 2. The van der Waals surface area contributed by atoms with Gasteiger partial charge in [0, 0.05) is 34.7 Å². The summed E-state index contributed by atoms with van der Waals surface area (Å²) in [5.74, 6) is -1.36. The van der Waals surface area contributed by atoms with Crippen LogP contribution >= 0.6 is 0 Å². The Hall–Kier alpha value is -1.67. The van der Waals surface area contributed by atoms with Crippen molar-refractivity contribution in [1.29, 1.82) is 0 Å². The van der Waals surface area contributed by atoms with Gasteiger partial charge in [-0.15, -0.1) is 0 Å². The molecule has 3 saturated carbocycles. The second-order valence-electron chi connectivity index (χ2n) is 10.7. The highest BCUT2D eigenvalue weighted by Gasteiger charge is 2.79. The summed E-state index contributed by atoms with van der Waals surface area (Å²) in [4.78, 5) is 38.6. The molecule has 0 aromatic carbocycles. The predicted octanol–water partition coefficient (Wildman–Crippen LogP) is 2.04. The summed E-state index contributed by atoms with van der Waals surface area (Å²) in [7, 11) is 0. The van der Waals surface area contributed by atoms with E-state index >= 15 is 0 Å².